The van der Waals surface area contributed by atoms with E-state index in [4.69, 9.17) is 4.98 Å². The maximum atomic E-state index is 4.72. The van der Waals surface area contributed by atoms with Crippen LogP contribution >= 0.6 is 0 Å². The third-order valence-corrected chi connectivity index (χ3v) is 4.06. The molecule has 0 aliphatic carbocycles. The minimum Gasteiger partial charge on any atom is -0.294 e. The molecule has 0 atom stereocenters. The number of fused-ring (bicyclic) bond motifs is 1. The summed E-state index contributed by atoms with van der Waals surface area (Å²) in [4.78, 5) is 16.0. The summed E-state index contributed by atoms with van der Waals surface area (Å²) in [6.45, 7) is 9.29. The predicted octanol–water partition coefficient (Wildman–Crippen LogP) is 2.86. The zero-order valence-electron chi connectivity index (χ0n) is 13.0. The first-order valence-electron chi connectivity index (χ1n) is 7.61. The van der Waals surface area contributed by atoms with Gasteiger partial charge in [-0.3, -0.25) is 9.88 Å². The molecule has 0 saturated heterocycles. The van der Waals surface area contributed by atoms with Gasteiger partial charge in [0.15, 0.2) is 0 Å². The lowest BCUT2D eigenvalue weighted by atomic mass is 10.1. The molecule has 0 aromatic carbocycles. The average Bonchev–Trinajstić information content (AvgIpc) is 2.49. The Balaban J connectivity index is 1.74. The Bertz CT molecular complexity index is 636. The molecule has 21 heavy (non-hydrogen) atoms. The Morgan fingerprint density at radius 2 is 2.14 bits per heavy atom. The molecule has 4 nitrogen and oxygen atoms in total. The fourth-order valence-electron chi connectivity index (χ4n) is 2.73. The molecule has 0 N–H and O–H groups in total. The van der Waals surface area contributed by atoms with Crippen LogP contribution in [0.2, 0.25) is 0 Å². The van der Waals surface area contributed by atoms with Crippen molar-refractivity contribution in [2.75, 3.05) is 6.54 Å². The molecule has 110 valence electrons. The van der Waals surface area contributed by atoms with Gasteiger partial charge in [-0.05, 0) is 18.6 Å². The summed E-state index contributed by atoms with van der Waals surface area (Å²) in [5.41, 5.74) is 4.93. The Hall–Kier alpha value is -1.81. The topological polar surface area (TPSA) is 41.9 Å². The predicted molar refractivity (Wildman–Crippen MR) is 82.9 cm³/mol. The monoisotopic (exact) mass is 282 g/mol. The van der Waals surface area contributed by atoms with Gasteiger partial charge < -0.3 is 0 Å². The van der Waals surface area contributed by atoms with Crippen molar-refractivity contribution in [3.63, 3.8) is 0 Å². The highest BCUT2D eigenvalue weighted by atomic mass is 15.1. The summed E-state index contributed by atoms with van der Waals surface area (Å²) >= 11 is 0. The van der Waals surface area contributed by atoms with Crippen LogP contribution in [0.4, 0.5) is 0 Å². The SMILES string of the molecule is Cc1ncccc1CN1CCc2nc(C(C)C)ncc2C1. The van der Waals surface area contributed by atoms with Gasteiger partial charge in [-0.2, -0.15) is 0 Å². The zero-order chi connectivity index (χ0) is 14.8. The molecule has 2 aromatic rings. The van der Waals surface area contributed by atoms with E-state index in [9.17, 15) is 0 Å². The highest BCUT2D eigenvalue weighted by Crippen LogP contribution is 2.20. The Labute approximate surface area is 126 Å². The molecule has 2 aromatic heterocycles. The molecule has 1 aliphatic heterocycles. The molecule has 0 bridgehead atoms. The highest BCUT2D eigenvalue weighted by molar-refractivity contribution is 5.23. The third-order valence-electron chi connectivity index (χ3n) is 4.06. The van der Waals surface area contributed by atoms with E-state index in [-0.39, 0.29) is 0 Å². The van der Waals surface area contributed by atoms with E-state index >= 15 is 0 Å². The van der Waals surface area contributed by atoms with Crippen LogP contribution in [0.15, 0.2) is 24.5 Å². The van der Waals surface area contributed by atoms with E-state index in [1.165, 1.54) is 16.8 Å². The molecule has 0 radical (unpaired) electrons. The second-order valence-electron chi connectivity index (χ2n) is 6.06. The van der Waals surface area contributed by atoms with Crippen molar-refractivity contribution < 1.29 is 0 Å². The number of hydrogen-bond donors (Lipinski definition) is 0. The molecule has 4 heteroatoms. The maximum absolute atomic E-state index is 4.72. The van der Waals surface area contributed by atoms with Crippen molar-refractivity contribution in [3.8, 4) is 0 Å². The van der Waals surface area contributed by atoms with Crippen LogP contribution in [0.5, 0.6) is 0 Å². The zero-order valence-corrected chi connectivity index (χ0v) is 13.0. The normalized spacial score (nSPS) is 15.2. The van der Waals surface area contributed by atoms with Crippen LogP contribution in [-0.2, 0) is 19.5 Å². The van der Waals surface area contributed by atoms with Crippen molar-refractivity contribution in [2.45, 2.75) is 46.2 Å². The number of pyridine rings is 1. The Kier molecular flexibility index (Phi) is 3.97. The van der Waals surface area contributed by atoms with E-state index in [0.717, 1.165) is 37.6 Å². The fraction of sp³-hybridized carbons (Fsp3) is 0.471. The molecule has 0 fully saturated rings. The van der Waals surface area contributed by atoms with Gasteiger partial charge in [-0.15, -0.1) is 0 Å². The molecule has 0 saturated carbocycles. The number of aryl methyl sites for hydroxylation is 1. The molecule has 0 amide bonds. The van der Waals surface area contributed by atoms with Gasteiger partial charge in [0.25, 0.3) is 0 Å². The standard InChI is InChI=1S/C17H22N4/c1-12(2)17-19-9-15-11-21(8-6-16(15)20-17)10-14-5-4-7-18-13(14)3/h4-5,7,9,12H,6,8,10-11H2,1-3H3. The van der Waals surface area contributed by atoms with Gasteiger partial charge in [0, 0.05) is 61.3 Å². The van der Waals surface area contributed by atoms with Crippen molar-refractivity contribution in [2.24, 2.45) is 0 Å². The van der Waals surface area contributed by atoms with Crippen LogP contribution in [0.1, 0.15) is 48.1 Å². The maximum Gasteiger partial charge on any atom is 0.131 e. The van der Waals surface area contributed by atoms with Gasteiger partial charge >= 0.3 is 0 Å². The molecule has 0 spiro atoms. The Morgan fingerprint density at radius 3 is 2.90 bits per heavy atom. The third kappa shape index (κ3) is 3.10. The quantitative estimate of drug-likeness (QED) is 0.868. The van der Waals surface area contributed by atoms with Crippen molar-refractivity contribution in [1.82, 2.24) is 19.9 Å². The number of aromatic nitrogens is 3. The van der Waals surface area contributed by atoms with E-state index in [1.807, 2.05) is 18.5 Å². The van der Waals surface area contributed by atoms with Gasteiger partial charge in [0.2, 0.25) is 0 Å². The number of rotatable bonds is 3. The number of nitrogens with zero attached hydrogens (tertiary/aromatic N) is 4. The lowest BCUT2D eigenvalue weighted by molar-refractivity contribution is 0.241. The number of hydrogen-bond acceptors (Lipinski definition) is 4. The summed E-state index contributed by atoms with van der Waals surface area (Å²) in [6, 6.07) is 4.18. The second kappa shape index (κ2) is 5.90. The van der Waals surface area contributed by atoms with Crippen LogP contribution in [0, 0.1) is 6.92 Å². The minimum atomic E-state index is 0.395. The van der Waals surface area contributed by atoms with Gasteiger partial charge in [-0.1, -0.05) is 19.9 Å². The Morgan fingerprint density at radius 1 is 1.29 bits per heavy atom. The van der Waals surface area contributed by atoms with E-state index in [2.05, 4.69) is 41.7 Å². The largest absolute Gasteiger partial charge is 0.294 e. The molecule has 0 unspecified atom stereocenters. The highest BCUT2D eigenvalue weighted by Gasteiger charge is 2.19. The first-order valence-corrected chi connectivity index (χ1v) is 7.61. The van der Waals surface area contributed by atoms with Gasteiger partial charge in [0.1, 0.15) is 5.82 Å². The van der Waals surface area contributed by atoms with Gasteiger partial charge in [-0.25, -0.2) is 9.97 Å². The summed E-state index contributed by atoms with van der Waals surface area (Å²) < 4.78 is 0. The van der Waals surface area contributed by atoms with Crippen molar-refractivity contribution in [1.29, 1.82) is 0 Å². The average molecular weight is 282 g/mol. The van der Waals surface area contributed by atoms with Gasteiger partial charge in [0.05, 0.1) is 0 Å². The summed E-state index contributed by atoms with van der Waals surface area (Å²) in [5, 5.41) is 0. The van der Waals surface area contributed by atoms with Crippen LogP contribution < -0.4 is 0 Å². The molecule has 3 heterocycles. The fourth-order valence-corrected chi connectivity index (χ4v) is 2.73. The lowest BCUT2D eigenvalue weighted by Crippen LogP contribution is -2.31. The van der Waals surface area contributed by atoms with Crippen molar-refractivity contribution >= 4 is 0 Å². The summed E-state index contributed by atoms with van der Waals surface area (Å²) in [5.74, 6) is 1.36. The smallest absolute Gasteiger partial charge is 0.131 e. The minimum absolute atomic E-state index is 0.395. The van der Waals surface area contributed by atoms with Crippen LogP contribution in [0.3, 0.4) is 0 Å². The first kappa shape index (κ1) is 14.1. The molecular formula is C17H22N4. The van der Waals surface area contributed by atoms with E-state index in [0.29, 0.717) is 5.92 Å². The molecule has 3 rings (SSSR count). The molecule has 1 aliphatic rings. The summed E-state index contributed by atoms with van der Waals surface area (Å²) in [6.07, 6.45) is 4.88. The van der Waals surface area contributed by atoms with Crippen LogP contribution in [-0.4, -0.2) is 26.4 Å². The first-order chi connectivity index (χ1) is 10.1. The van der Waals surface area contributed by atoms with E-state index in [1.54, 1.807) is 0 Å². The lowest BCUT2D eigenvalue weighted by Gasteiger charge is -2.28. The van der Waals surface area contributed by atoms with Crippen molar-refractivity contribution in [3.05, 3.63) is 52.9 Å². The van der Waals surface area contributed by atoms with E-state index < -0.39 is 0 Å². The summed E-state index contributed by atoms with van der Waals surface area (Å²) in [7, 11) is 0. The van der Waals surface area contributed by atoms with Crippen LogP contribution in [0.25, 0.3) is 0 Å². The second-order valence-corrected chi connectivity index (χ2v) is 6.06. The molecular weight excluding hydrogens is 260 g/mol.